The van der Waals surface area contributed by atoms with Crippen molar-refractivity contribution in [3.63, 3.8) is 0 Å². The van der Waals surface area contributed by atoms with Gasteiger partial charge in [0.25, 0.3) is 0 Å². The SMILES string of the molecule is CC(C)C(C#N)CNc1cccc(Cl)c1Cl. The minimum atomic E-state index is -0.0324. The van der Waals surface area contributed by atoms with Gasteiger partial charge in [-0.1, -0.05) is 43.1 Å². The van der Waals surface area contributed by atoms with Gasteiger partial charge in [0.05, 0.1) is 27.7 Å². The summed E-state index contributed by atoms with van der Waals surface area (Å²) in [6.45, 7) is 4.62. The van der Waals surface area contributed by atoms with Gasteiger partial charge in [-0.2, -0.15) is 5.26 Å². The number of nitrogens with zero attached hydrogens (tertiary/aromatic N) is 1. The van der Waals surface area contributed by atoms with Crippen molar-refractivity contribution in [2.75, 3.05) is 11.9 Å². The molecule has 1 aromatic rings. The Morgan fingerprint density at radius 2 is 2.06 bits per heavy atom. The molecule has 0 fully saturated rings. The van der Waals surface area contributed by atoms with Crippen LogP contribution >= 0.6 is 23.2 Å². The van der Waals surface area contributed by atoms with Gasteiger partial charge in [0.2, 0.25) is 0 Å². The fourth-order valence-electron chi connectivity index (χ4n) is 1.29. The van der Waals surface area contributed by atoms with Crippen LogP contribution in [-0.4, -0.2) is 6.54 Å². The van der Waals surface area contributed by atoms with Gasteiger partial charge in [-0.05, 0) is 18.1 Å². The Balaban J connectivity index is 2.68. The van der Waals surface area contributed by atoms with Gasteiger partial charge < -0.3 is 5.32 Å². The molecule has 0 aromatic heterocycles. The number of nitrogens with one attached hydrogen (secondary N) is 1. The second-order valence-corrected chi connectivity index (χ2v) is 4.75. The highest BCUT2D eigenvalue weighted by Gasteiger charge is 2.12. The Morgan fingerprint density at radius 3 is 2.62 bits per heavy atom. The Morgan fingerprint density at radius 1 is 1.38 bits per heavy atom. The van der Waals surface area contributed by atoms with Crippen LogP contribution < -0.4 is 5.32 Å². The fraction of sp³-hybridized carbons (Fsp3) is 0.417. The fourth-order valence-corrected chi connectivity index (χ4v) is 1.66. The van der Waals surface area contributed by atoms with E-state index in [-0.39, 0.29) is 5.92 Å². The maximum atomic E-state index is 8.95. The normalized spacial score (nSPS) is 12.2. The third-order valence-corrected chi connectivity index (χ3v) is 3.25. The lowest BCUT2D eigenvalue weighted by Gasteiger charge is -2.15. The van der Waals surface area contributed by atoms with E-state index in [1.807, 2.05) is 26.0 Å². The summed E-state index contributed by atoms with van der Waals surface area (Å²) in [6, 6.07) is 7.68. The molecule has 0 aliphatic heterocycles. The smallest absolute Gasteiger partial charge is 0.0823 e. The zero-order valence-electron chi connectivity index (χ0n) is 9.30. The van der Waals surface area contributed by atoms with E-state index in [0.717, 1.165) is 5.69 Å². The third kappa shape index (κ3) is 3.30. The lowest BCUT2D eigenvalue weighted by Crippen LogP contribution is -2.17. The molecule has 1 rings (SSSR count). The lowest BCUT2D eigenvalue weighted by molar-refractivity contribution is 0.496. The van der Waals surface area contributed by atoms with E-state index in [0.29, 0.717) is 22.5 Å². The molecule has 0 amide bonds. The van der Waals surface area contributed by atoms with E-state index in [2.05, 4.69) is 11.4 Å². The largest absolute Gasteiger partial charge is 0.382 e. The Bertz CT molecular complexity index is 396. The molecule has 0 aliphatic rings. The first-order valence-electron chi connectivity index (χ1n) is 5.13. The summed E-state index contributed by atoms with van der Waals surface area (Å²) < 4.78 is 0. The lowest BCUT2D eigenvalue weighted by atomic mass is 9.97. The van der Waals surface area contributed by atoms with Crippen molar-refractivity contribution in [1.82, 2.24) is 0 Å². The maximum absolute atomic E-state index is 8.95. The van der Waals surface area contributed by atoms with E-state index in [1.165, 1.54) is 0 Å². The summed E-state index contributed by atoms with van der Waals surface area (Å²) in [5.41, 5.74) is 0.773. The molecule has 4 heteroatoms. The third-order valence-electron chi connectivity index (χ3n) is 2.43. The molecule has 0 saturated carbocycles. The molecular weight excluding hydrogens is 243 g/mol. The van der Waals surface area contributed by atoms with E-state index in [1.54, 1.807) is 6.07 Å². The molecule has 2 nitrogen and oxygen atoms in total. The molecule has 0 spiro atoms. The summed E-state index contributed by atoms with van der Waals surface area (Å²) in [5.74, 6) is 0.283. The van der Waals surface area contributed by atoms with Gasteiger partial charge in [0, 0.05) is 6.54 Å². The highest BCUT2D eigenvalue weighted by molar-refractivity contribution is 6.43. The Labute approximate surface area is 106 Å². The van der Waals surface area contributed by atoms with Gasteiger partial charge >= 0.3 is 0 Å². The van der Waals surface area contributed by atoms with E-state index >= 15 is 0 Å². The molecule has 1 atom stereocenters. The van der Waals surface area contributed by atoms with Crippen LogP contribution in [0.2, 0.25) is 10.0 Å². The Kier molecular flexibility index (Phi) is 4.92. The van der Waals surface area contributed by atoms with Crippen LogP contribution in [0.25, 0.3) is 0 Å². The number of hydrogen-bond donors (Lipinski definition) is 1. The average Bonchev–Trinajstić information content (AvgIpc) is 2.24. The van der Waals surface area contributed by atoms with Gasteiger partial charge in [-0.15, -0.1) is 0 Å². The molecule has 16 heavy (non-hydrogen) atoms. The van der Waals surface area contributed by atoms with Crippen LogP contribution in [-0.2, 0) is 0 Å². The number of benzene rings is 1. The van der Waals surface area contributed by atoms with Crippen molar-refractivity contribution in [3.05, 3.63) is 28.2 Å². The first-order chi connectivity index (χ1) is 7.56. The van der Waals surface area contributed by atoms with Crippen molar-refractivity contribution in [3.8, 4) is 6.07 Å². The molecule has 0 radical (unpaired) electrons. The highest BCUT2D eigenvalue weighted by atomic mass is 35.5. The van der Waals surface area contributed by atoms with E-state index < -0.39 is 0 Å². The molecule has 0 bridgehead atoms. The molecule has 0 heterocycles. The predicted octanol–water partition coefficient (Wildman–Crippen LogP) is 4.20. The van der Waals surface area contributed by atoms with Crippen molar-refractivity contribution in [2.24, 2.45) is 11.8 Å². The number of anilines is 1. The van der Waals surface area contributed by atoms with Gasteiger partial charge in [-0.3, -0.25) is 0 Å². The summed E-state index contributed by atoms with van der Waals surface area (Å²) in [4.78, 5) is 0. The molecule has 1 N–H and O–H groups in total. The van der Waals surface area contributed by atoms with Gasteiger partial charge in [-0.25, -0.2) is 0 Å². The zero-order chi connectivity index (χ0) is 12.1. The minimum absolute atomic E-state index is 0.0324. The average molecular weight is 257 g/mol. The summed E-state index contributed by atoms with van der Waals surface area (Å²) >= 11 is 11.9. The van der Waals surface area contributed by atoms with Crippen LogP contribution in [0.15, 0.2) is 18.2 Å². The molecule has 0 saturated heterocycles. The summed E-state index contributed by atoms with van der Waals surface area (Å²) in [5, 5.41) is 13.1. The number of hydrogen-bond acceptors (Lipinski definition) is 2. The van der Waals surface area contributed by atoms with Crippen molar-refractivity contribution < 1.29 is 0 Å². The van der Waals surface area contributed by atoms with E-state index in [9.17, 15) is 0 Å². The van der Waals surface area contributed by atoms with Crippen LogP contribution in [0.1, 0.15) is 13.8 Å². The second-order valence-electron chi connectivity index (χ2n) is 3.96. The first-order valence-corrected chi connectivity index (χ1v) is 5.89. The zero-order valence-corrected chi connectivity index (χ0v) is 10.8. The van der Waals surface area contributed by atoms with Crippen molar-refractivity contribution >= 4 is 28.9 Å². The van der Waals surface area contributed by atoms with Crippen LogP contribution in [0.4, 0.5) is 5.69 Å². The maximum Gasteiger partial charge on any atom is 0.0823 e. The van der Waals surface area contributed by atoms with E-state index in [4.69, 9.17) is 28.5 Å². The molecule has 0 aliphatic carbocycles. The molecular formula is C12H14Cl2N2. The van der Waals surface area contributed by atoms with Crippen LogP contribution in [0.5, 0.6) is 0 Å². The summed E-state index contributed by atoms with van der Waals surface area (Å²) in [7, 11) is 0. The quantitative estimate of drug-likeness (QED) is 0.877. The number of rotatable bonds is 4. The minimum Gasteiger partial charge on any atom is -0.382 e. The molecule has 86 valence electrons. The molecule has 1 unspecified atom stereocenters. The van der Waals surface area contributed by atoms with Crippen LogP contribution in [0.3, 0.4) is 0 Å². The number of halogens is 2. The van der Waals surface area contributed by atoms with Crippen molar-refractivity contribution in [1.29, 1.82) is 5.26 Å². The molecule has 1 aromatic carbocycles. The number of nitriles is 1. The van der Waals surface area contributed by atoms with Crippen LogP contribution in [0, 0.1) is 23.2 Å². The van der Waals surface area contributed by atoms with Crippen molar-refractivity contribution in [2.45, 2.75) is 13.8 Å². The predicted molar refractivity (Wildman–Crippen MR) is 68.9 cm³/mol. The topological polar surface area (TPSA) is 35.8 Å². The summed E-state index contributed by atoms with van der Waals surface area (Å²) in [6.07, 6.45) is 0. The van der Waals surface area contributed by atoms with Gasteiger partial charge in [0.15, 0.2) is 0 Å². The standard InChI is InChI=1S/C12H14Cl2N2/c1-8(2)9(6-15)7-16-11-5-3-4-10(13)12(11)14/h3-5,8-9,16H,7H2,1-2H3. The Hall–Kier alpha value is -0.910. The first kappa shape index (κ1) is 13.2. The monoisotopic (exact) mass is 256 g/mol. The second kappa shape index (κ2) is 5.98. The highest BCUT2D eigenvalue weighted by Crippen LogP contribution is 2.29. The van der Waals surface area contributed by atoms with Gasteiger partial charge in [0.1, 0.15) is 0 Å².